The van der Waals surface area contributed by atoms with Crippen LogP contribution in [0.25, 0.3) is 0 Å². The minimum atomic E-state index is -2.80. The molecule has 0 aromatic carbocycles. The van der Waals surface area contributed by atoms with E-state index < -0.39 is 5.92 Å². The molecule has 0 heterocycles. The lowest BCUT2D eigenvalue weighted by atomic mass is 10.1. The molecule has 0 saturated heterocycles. The fraction of sp³-hybridized carbons (Fsp3) is 0.864. The number of halogens is 2. The normalized spacial score (nSPS) is 12.0. The van der Waals surface area contributed by atoms with E-state index in [9.17, 15) is 13.6 Å². The lowest BCUT2D eigenvalue weighted by Crippen LogP contribution is -2.12. The van der Waals surface area contributed by atoms with Gasteiger partial charge in [-0.1, -0.05) is 84.5 Å². The Bertz CT molecular complexity index is 354. The van der Waals surface area contributed by atoms with Crippen LogP contribution in [-0.2, 0) is 9.53 Å². The van der Waals surface area contributed by atoms with Crippen LogP contribution in [0.1, 0.15) is 110 Å². The molecule has 0 aliphatic heterocycles. The summed E-state index contributed by atoms with van der Waals surface area (Å²) in [6.45, 7) is 4.28. The van der Waals surface area contributed by atoms with E-state index in [0.29, 0.717) is 12.8 Å². The van der Waals surface area contributed by atoms with Crippen molar-refractivity contribution in [3.63, 3.8) is 0 Å². The highest BCUT2D eigenvalue weighted by molar-refractivity contribution is 5.69. The van der Waals surface area contributed by atoms with Crippen LogP contribution in [0.3, 0.4) is 0 Å². The monoisotopic (exact) mass is 374 g/mol. The molecule has 0 spiro atoms. The molecule has 0 amide bonds. The zero-order chi connectivity index (χ0) is 19.5. The molecule has 0 saturated carbocycles. The third kappa shape index (κ3) is 17.9. The molecule has 0 radical (unpaired) electrons. The lowest BCUT2D eigenvalue weighted by molar-refractivity contribution is -0.142. The summed E-state index contributed by atoms with van der Waals surface area (Å²) >= 11 is 0. The SMILES string of the molecule is CCCCCCCCCC(F)(F)C=CCOC(=O)CCCCCCCC. The van der Waals surface area contributed by atoms with Crippen LogP contribution >= 0.6 is 0 Å². The number of ether oxygens (including phenoxy) is 1. The van der Waals surface area contributed by atoms with Crippen molar-refractivity contribution >= 4 is 5.97 Å². The van der Waals surface area contributed by atoms with Crippen LogP contribution in [-0.4, -0.2) is 18.5 Å². The van der Waals surface area contributed by atoms with E-state index in [0.717, 1.165) is 44.6 Å². The summed E-state index contributed by atoms with van der Waals surface area (Å²) in [5, 5.41) is 0. The molecule has 0 atom stereocenters. The van der Waals surface area contributed by atoms with Crippen molar-refractivity contribution in [3.8, 4) is 0 Å². The molecule has 0 N–H and O–H groups in total. The zero-order valence-electron chi connectivity index (χ0n) is 17.0. The van der Waals surface area contributed by atoms with Crippen LogP contribution in [0.5, 0.6) is 0 Å². The second-order valence-electron chi connectivity index (χ2n) is 7.24. The van der Waals surface area contributed by atoms with Gasteiger partial charge in [0.2, 0.25) is 0 Å². The van der Waals surface area contributed by atoms with Crippen LogP contribution in [0, 0.1) is 0 Å². The molecule has 0 aliphatic carbocycles. The van der Waals surface area contributed by atoms with Gasteiger partial charge >= 0.3 is 5.97 Å². The molecule has 0 fully saturated rings. The number of hydrogen-bond acceptors (Lipinski definition) is 2. The first kappa shape index (κ1) is 25.1. The van der Waals surface area contributed by atoms with Gasteiger partial charge in [-0.05, 0) is 25.0 Å². The summed E-state index contributed by atoms with van der Waals surface area (Å²) in [5.41, 5.74) is 0. The standard InChI is InChI=1S/C22H40F2O2/c1-3-5-7-9-11-13-15-18-22(23,24)19-16-20-26-21(25)17-14-12-10-8-6-4-2/h16,19H,3-15,17-18,20H2,1-2H3. The van der Waals surface area contributed by atoms with E-state index in [1.807, 2.05) is 0 Å². The fourth-order valence-electron chi connectivity index (χ4n) is 2.88. The second-order valence-corrected chi connectivity index (χ2v) is 7.24. The number of allylic oxidation sites excluding steroid dienone is 1. The Labute approximate surface area is 159 Å². The number of carbonyl (C=O) groups is 1. The average Bonchev–Trinajstić information content (AvgIpc) is 2.61. The van der Waals surface area contributed by atoms with Crippen molar-refractivity contribution in [2.45, 2.75) is 116 Å². The Morgan fingerprint density at radius 1 is 0.808 bits per heavy atom. The van der Waals surface area contributed by atoms with Gasteiger partial charge in [0.15, 0.2) is 0 Å². The van der Waals surface area contributed by atoms with Gasteiger partial charge in [-0.25, -0.2) is 8.78 Å². The van der Waals surface area contributed by atoms with Gasteiger partial charge in [-0.15, -0.1) is 0 Å². The maximum Gasteiger partial charge on any atom is 0.306 e. The van der Waals surface area contributed by atoms with E-state index in [1.54, 1.807) is 0 Å². The summed E-state index contributed by atoms with van der Waals surface area (Å²) < 4.78 is 32.4. The summed E-state index contributed by atoms with van der Waals surface area (Å²) in [6, 6.07) is 0. The summed E-state index contributed by atoms with van der Waals surface area (Å²) in [7, 11) is 0. The molecule has 2 nitrogen and oxygen atoms in total. The van der Waals surface area contributed by atoms with Crippen LogP contribution < -0.4 is 0 Å². The maximum absolute atomic E-state index is 13.7. The summed E-state index contributed by atoms with van der Waals surface area (Å²) in [6.07, 6.45) is 16.3. The van der Waals surface area contributed by atoms with Crippen LogP contribution in [0.2, 0.25) is 0 Å². The van der Waals surface area contributed by atoms with Crippen molar-refractivity contribution in [1.82, 2.24) is 0 Å². The highest BCUT2D eigenvalue weighted by Gasteiger charge is 2.23. The molecule has 0 rings (SSSR count). The van der Waals surface area contributed by atoms with Crippen molar-refractivity contribution in [2.24, 2.45) is 0 Å². The van der Waals surface area contributed by atoms with E-state index in [-0.39, 0.29) is 19.0 Å². The topological polar surface area (TPSA) is 26.3 Å². The maximum atomic E-state index is 13.7. The predicted octanol–water partition coefficient (Wildman–Crippen LogP) is 7.61. The number of esters is 1. The molecular weight excluding hydrogens is 334 g/mol. The van der Waals surface area contributed by atoms with Crippen LogP contribution in [0.15, 0.2) is 12.2 Å². The molecule has 0 unspecified atom stereocenters. The van der Waals surface area contributed by atoms with Crippen molar-refractivity contribution < 1.29 is 18.3 Å². The van der Waals surface area contributed by atoms with Gasteiger partial charge < -0.3 is 4.74 Å². The van der Waals surface area contributed by atoms with Crippen LogP contribution in [0.4, 0.5) is 8.78 Å². The Morgan fingerprint density at radius 2 is 1.31 bits per heavy atom. The Balaban J connectivity index is 3.62. The Kier molecular flexibility index (Phi) is 16.9. The average molecular weight is 375 g/mol. The minimum Gasteiger partial charge on any atom is -0.461 e. The molecule has 0 aromatic heterocycles. The number of alkyl halides is 2. The molecular formula is C22H40F2O2. The zero-order valence-corrected chi connectivity index (χ0v) is 17.0. The Hall–Kier alpha value is -0.930. The third-order valence-corrected chi connectivity index (χ3v) is 4.55. The summed E-state index contributed by atoms with van der Waals surface area (Å²) in [5.74, 6) is -3.09. The first-order valence-electron chi connectivity index (χ1n) is 10.7. The highest BCUT2D eigenvalue weighted by Crippen LogP contribution is 2.23. The van der Waals surface area contributed by atoms with Gasteiger partial charge in [0.05, 0.1) is 0 Å². The van der Waals surface area contributed by atoms with Gasteiger partial charge in [0, 0.05) is 12.8 Å². The van der Waals surface area contributed by atoms with Gasteiger partial charge in [0.25, 0.3) is 5.92 Å². The van der Waals surface area contributed by atoms with Gasteiger partial charge in [-0.2, -0.15) is 0 Å². The molecule has 154 valence electrons. The predicted molar refractivity (Wildman–Crippen MR) is 106 cm³/mol. The number of carbonyl (C=O) groups excluding carboxylic acids is 1. The lowest BCUT2D eigenvalue weighted by Gasteiger charge is -2.11. The number of hydrogen-bond donors (Lipinski definition) is 0. The minimum absolute atomic E-state index is 0.0543. The van der Waals surface area contributed by atoms with E-state index in [4.69, 9.17) is 4.74 Å². The summed E-state index contributed by atoms with van der Waals surface area (Å²) in [4.78, 5) is 11.5. The van der Waals surface area contributed by atoms with E-state index >= 15 is 0 Å². The molecule has 0 bridgehead atoms. The molecule has 26 heavy (non-hydrogen) atoms. The Morgan fingerprint density at radius 3 is 1.88 bits per heavy atom. The van der Waals surface area contributed by atoms with E-state index in [2.05, 4.69) is 13.8 Å². The molecule has 0 aliphatic rings. The number of unbranched alkanes of at least 4 members (excludes halogenated alkanes) is 11. The van der Waals surface area contributed by atoms with Crippen molar-refractivity contribution in [1.29, 1.82) is 0 Å². The third-order valence-electron chi connectivity index (χ3n) is 4.55. The quantitative estimate of drug-likeness (QED) is 0.140. The smallest absolute Gasteiger partial charge is 0.306 e. The first-order valence-corrected chi connectivity index (χ1v) is 10.7. The largest absolute Gasteiger partial charge is 0.461 e. The van der Waals surface area contributed by atoms with E-state index in [1.165, 1.54) is 44.6 Å². The second kappa shape index (κ2) is 17.5. The van der Waals surface area contributed by atoms with Gasteiger partial charge in [-0.3, -0.25) is 4.79 Å². The first-order chi connectivity index (χ1) is 12.5. The van der Waals surface area contributed by atoms with Gasteiger partial charge in [0.1, 0.15) is 6.61 Å². The number of rotatable bonds is 18. The molecule has 0 aromatic rings. The highest BCUT2D eigenvalue weighted by atomic mass is 19.3. The van der Waals surface area contributed by atoms with Crippen molar-refractivity contribution in [2.75, 3.05) is 6.61 Å². The molecule has 4 heteroatoms. The van der Waals surface area contributed by atoms with Crippen molar-refractivity contribution in [3.05, 3.63) is 12.2 Å². The fourth-order valence-corrected chi connectivity index (χ4v) is 2.88.